The van der Waals surface area contributed by atoms with Gasteiger partial charge in [-0.25, -0.2) is 9.37 Å². The molecule has 4 nitrogen and oxygen atoms in total. The highest BCUT2D eigenvalue weighted by atomic mass is 19.1. The monoisotopic (exact) mass is 332 g/mol. The van der Waals surface area contributed by atoms with E-state index in [0.29, 0.717) is 10.9 Å². The van der Waals surface area contributed by atoms with E-state index in [-0.39, 0.29) is 24.3 Å². The second-order valence-corrected chi connectivity index (χ2v) is 5.76. The maximum absolute atomic E-state index is 14.1. The van der Waals surface area contributed by atoms with Crippen LogP contribution >= 0.6 is 0 Å². The molecule has 0 spiro atoms. The molecule has 6 heteroatoms. The van der Waals surface area contributed by atoms with Crippen molar-refractivity contribution in [3.8, 4) is 11.4 Å². The minimum absolute atomic E-state index is 0.0529. The van der Waals surface area contributed by atoms with Crippen molar-refractivity contribution in [2.24, 2.45) is 0 Å². The number of hydrogen-bond acceptors (Lipinski definition) is 3. The lowest BCUT2D eigenvalue weighted by molar-refractivity contribution is 0.0489. The van der Waals surface area contributed by atoms with Gasteiger partial charge < -0.3 is 14.0 Å². The lowest BCUT2D eigenvalue weighted by atomic mass is 10.1. The van der Waals surface area contributed by atoms with E-state index in [9.17, 15) is 8.78 Å². The van der Waals surface area contributed by atoms with Gasteiger partial charge in [0.1, 0.15) is 5.82 Å². The molecule has 2 heterocycles. The zero-order valence-electron chi connectivity index (χ0n) is 13.7. The Morgan fingerprint density at radius 1 is 1.17 bits per heavy atom. The summed E-state index contributed by atoms with van der Waals surface area (Å²) in [5.41, 5.74) is 2.42. The number of fused-ring (bicyclic) bond motifs is 1. The van der Waals surface area contributed by atoms with Crippen molar-refractivity contribution in [2.45, 2.75) is 19.8 Å². The summed E-state index contributed by atoms with van der Waals surface area (Å²) in [6.07, 6.45) is 1.46. The number of aromatic nitrogens is 2. The average molecular weight is 332 g/mol. The van der Waals surface area contributed by atoms with E-state index in [1.54, 1.807) is 12.1 Å². The van der Waals surface area contributed by atoms with Crippen molar-refractivity contribution in [3.63, 3.8) is 0 Å². The van der Waals surface area contributed by atoms with Gasteiger partial charge in [0.15, 0.2) is 12.5 Å². The van der Waals surface area contributed by atoms with E-state index in [0.717, 1.165) is 11.4 Å². The summed E-state index contributed by atoms with van der Waals surface area (Å²) in [6, 6.07) is 8.02. The third-order valence-electron chi connectivity index (χ3n) is 3.80. The van der Waals surface area contributed by atoms with E-state index in [2.05, 4.69) is 4.98 Å². The van der Waals surface area contributed by atoms with Crippen molar-refractivity contribution in [3.05, 3.63) is 54.0 Å². The van der Waals surface area contributed by atoms with Gasteiger partial charge in [-0.1, -0.05) is 13.8 Å². The molecule has 0 amide bonds. The smallest absolute Gasteiger partial charge is 0.256 e. The summed E-state index contributed by atoms with van der Waals surface area (Å²) in [6.45, 7) is 4.00. The van der Waals surface area contributed by atoms with Gasteiger partial charge in [0, 0.05) is 23.9 Å². The van der Waals surface area contributed by atoms with Gasteiger partial charge in [0.2, 0.25) is 0 Å². The minimum Gasteiger partial charge on any atom is -0.462 e. The predicted molar refractivity (Wildman–Crippen MR) is 87.6 cm³/mol. The van der Waals surface area contributed by atoms with Gasteiger partial charge in [-0.05, 0) is 36.2 Å². The van der Waals surface area contributed by atoms with Gasteiger partial charge >= 0.3 is 0 Å². The van der Waals surface area contributed by atoms with E-state index in [4.69, 9.17) is 9.47 Å². The number of hydrogen-bond donors (Lipinski definition) is 0. The third-order valence-corrected chi connectivity index (χ3v) is 3.80. The molecule has 3 aromatic rings. The standard InChI is InChI=1S/C18H18F2N2O2/c1-11(2)15-8-14-16(9-21-18(20)17(14)24-10-23-3)22(15)13-6-4-12(19)5-7-13/h4-9,11H,10H2,1-3H3. The van der Waals surface area contributed by atoms with Crippen molar-refractivity contribution < 1.29 is 18.3 Å². The molecule has 0 unspecified atom stereocenters. The Morgan fingerprint density at radius 3 is 2.50 bits per heavy atom. The summed E-state index contributed by atoms with van der Waals surface area (Å²) in [7, 11) is 1.47. The Bertz CT molecular complexity index is 858. The highest BCUT2D eigenvalue weighted by Gasteiger charge is 2.19. The van der Waals surface area contributed by atoms with Crippen LogP contribution in [0.4, 0.5) is 8.78 Å². The highest BCUT2D eigenvalue weighted by molar-refractivity contribution is 5.88. The predicted octanol–water partition coefficient (Wildman–Crippen LogP) is 4.41. The van der Waals surface area contributed by atoms with Crippen molar-refractivity contribution >= 4 is 10.9 Å². The number of ether oxygens (including phenoxy) is 2. The van der Waals surface area contributed by atoms with Crippen LogP contribution in [0.3, 0.4) is 0 Å². The van der Waals surface area contributed by atoms with Gasteiger partial charge in [0.05, 0.1) is 11.7 Å². The molecule has 0 aliphatic rings. The summed E-state index contributed by atoms with van der Waals surface area (Å²) in [5.74, 6) is -0.779. The van der Waals surface area contributed by atoms with E-state index >= 15 is 0 Å². The van der Waals surface area contributed by atoms with Crippen LogP contribution in [0.2, 0.25) is 0 Å². The van der Waals surface area contributed by atoms with E-state index in [1.807, 2.05) is 24.5 Å². The lowest BCUT2D eigenvalue weighted by Gasteiger charge is -2.13. The van der Waals surface area contributed by atoms with Crippen LogP contribution in [0.5, 0.6) is 5.75 Å². The van der Waals surface area contributed by atoms with Crippen LogP contribution in [-0.2, 0) is 4.74 Å². The summed E-state index contributed by atoms with van der Waals surface area (Å²) < 4.78 is 39.5. The Hall–Kier alpha value is -2.47. The fraction of sp³-hybridized carbons (Fsp3) is 0.278. The fourth-order valence-corrected chi connectivity index (χ4v) is 2.70. The molecule has 3 rings (SSSR count). The SMILES string of the molecule is COCOc1c(F)ncc2c1cc(C(C)C)n2-c1ccc(F)cc1. The second-order valence-electron chi connectivity index (χ2n) is 5.76. The molecular formula is C18H18F2N2O2. The molecule has 0 fully saturated rings. The van der Waals surface area contributed by atoms with Crippen LogP contribution in [0.1, 0.15) is 25.5 Å². The normalized spacial score (nSPS) is 11.4. The van der Waals surface area contributed by atoms with Crippen molar-refractivity contribution in [2.75, 3.05) is 13.9 Å². The number of nitrogens with zero attached hydrogens (tertiary/aromatic N) is 2. The van der Waals surface area contributed by atoms with Crippen molar-refractivity contribution in [1.29, 1.82) is 0 Å². The molecule has 1 aromatic carbocycles. The third kappa shape index (κ3) is 2.85. The van der Waals surface area contributed by atoms with Crippen LogP contribution in [-0.4, -0.2) is 23.5 Å². The Labute approximate surface area is 138 Å². The molecule has 0 N–H and O–H groups in total. The lowest BCUT2D eigenvalue weighted by Crippen LogP contribution is -2.04. The Morgan fingerprint density at radius 2 is 1.88 bits per heavy atom. The fourth-order valence-electron chi connectivity index (χ4n) is 2.70. The van der Waals surface area contributed by atoms with Gasteiger partial charge in [0.25, 0.3) is 5.95 Å². The molecular weight excluding hydrogens is 314 g/mol. The first-order valence-electron chi connectivity index (χ1n) is 7.60. The maximum atomic E-state index is 14.1. The van der Waals surface area contributed by atoms with Crippen LogP contribution in [0, 0.1) is 11.8 Å². The quantitative estimate of drug-likeness (QED) is 0.513. The Kier molecular flexibility index (Phi) is 4.49. The first kappa shape index (κ1) is 16.4. The largest absolute Gasteiger partial charge is 0.462 e. The first-order valence-corrected chi connectivity index (χ1v) is 7.60. The molecule has 0 saturated heterocycles. The van der Waals surface area contributed by atoms with E-state index in [1.165, 1.54) is 25.4 Å². The number of methoxy groups -OCH3 is 1. The topological polar surface area (TPSA) is 36.3 Å². The molecule has 0 radical (unpaired) electrons. The summed E-state index contributed by atoms with van der Waals surface area (Å²) in [4.78, 5) is 3.79. The zero-order valence-corrected chi connectivity index (χ0v) is 13.7. The molecule has 0 aliphatic carbocycles. The molecule has 0 atom stereocenters. The van der Waals surface area contributed by atoms with E-state index < -0.39 is 5.95 Å². The second kappa shape index (κ2) is 6.57. The van der Waals surface area contributed by atoms with Crippen LogP contribution in [0.15, 0.2) is 36.5 Å². The molecule has 2 aromatic heterocycles. The Balaban J connectivity index is 2.27. The summed E-state index contributed by atoms with van der Waals surface area (Å²) in [5, 5.41) is 0.604. The highest BCUT2D eigenvalue weighted by Crippen LogP contribution is 2.35. The minimum atomic E-state index is -0.689. The molecule has 126 valence electrons. The molecule has 24 heavy (non-hydrogen) atoms. The summed E-state index contributed by atoms with van der Waals surface area (Å²) >= 11 is 0. The zero-order chi connectivity index (χ0) is 17.3. The molecule has 0 aliphatic heterocycles. The van der Waals surface area contributed by atoms with Gasteiger partial charge in [-0.15, -0.1) is 0 Å². The van der Waals surface area contributed by atoms with Gasteiger partial charge in [-0.3, -0.25) is 0 Å². The van der Waals surface area contributed by atoms with Crippen molar-refractivity contribution in [1.82, 2.24) is 9.55 Å². The number of rotatable bonds is 5. The molecule has 0 saturated carbocycles. The first-order chi connectivity index (χ1) is 11.5. The van der Waals surface area contributed by atoms with Crippen LogP contribution < -0.4 is 4.74 Å². The number of benzene rings is 1. The van der Waals surface area contributed by atoms with Gasteiger partial charge in [-0.2, -0.15) is 4.39 Å². The maximum Gasteiger partial charge on any atom is 0.256 e. The molecule has 0 bridgehead atoms. The number of halogens is 2. The number of pyridine rings is 1. The van der Waals surface area contributed by atoms with Crippen LogP contribution in [0.25, 0.3) is 16.6 Å². The average Bonchev–Trinajstić information content (AvgIpc) is 2.94.